The van der Waals surface area contributed by atoms with E-state index < -0.39 is 35.1 Å². The highest BCUT2D eigenvalue weighted by molar-refractivity contribution is 5.95. The molecule has 8 heteroatoms. The number of anilines is 1. The Bertz CT molecular complexity index is 579. The van der Waals surface area contributed by atoms with Crippen LogP contribution in [0.2, 0.25) is 0 Å². The number of hydrogen-bond donors (Lipinski definition) is 1. The van der Waals surface area contributed by atoms with Crippen LogP contribution in [0.1, 0.15) is 6.92 Å². The molecule has 0 saturated heterocycles. The Kier molecular flexibility index (Phi) is 5.92. The van der Waals surface area contributed by atoms with Gasteiger partial charge in [0.15, 0.2) is 17.5 Å². The molecule has 22 heavy (non-hydrogen) atoms. The van der Waals surface area contributed by atoms with Gasteiger partial charge in [-0.2, -0.15) is 0 Å². The lowest BCUT2D eigenvalue weighted by Crippen LogP contribution is -2.44. The third-order valence-corrected chi connectivity index (χ3v) is 3.22. The molecule has 0 aliphatic rings. The van der Waals surface area contributed by atoms with Crippen LogP contribution in [0.4, 0.5) is 18.9 Å². The van der Waals surface area contributed by atoms with Crippen LogP contribution in [0.15, 0.2) is 12.1 Å². The minimum atomic E-state index is -1.65. The van der Waals surface area contributed by atoms with Gasteiger partial charge >= 0.3 is 0 Å². The van der Waals surface area contributed by atoms with Crippen LogP contribution in [-0.4, -0.2) is 55.3 Å². The van der Waals surface area contributed by atoms with Gasteiger partial charge in [-0.1, -0.05) is 0 Å². The highest BCUT2D eigenvalue weighted by atomic mass is 19.2. The maximum Gasteiger partial charge on any atom is 0.241 e. The number of carbonyl (C=O) groups excluding carboxylic acids is 2. The number of amides is 2. The summed E-state index contributed by atoms with van der Waals surface area (Å²) in [5.41, 5.74) is -0.455. The summed E-state index contributed by atoms with van der Waals surface area (Å²) in [7, 11) is 4.71. The molecule has 0 radical (unpaired) electrons. The van der Waals surface area contributed by atoms with E-state index in [0.29, 0.717) is 0 Å². The van der Waals surface area contributed by atoms with Crippen LogP contribution < -0.4 is 5.32 Å². The molecule has 5 nitrogen and oxygen atoms in total. The molecular weight excluding hydrogens is 299 g/mol. The molecule has 0 spiro atoms. The lowest BCUT2D eigenvalue weighted by atomic mass is 10.2. The van der Waals surface area contributed by atoms with E-state index in [-0.39, 0.29) is 12.5 Å². The van der Waals surface area contributed by atoms with Gasteiger partial charge in [0, 0.05) is 14.1 Å². The van der Waals surface area contributed by atoms with Gasteiger partial charge in [0.25, 0.3) is 0 Å². The van der Waals surface area contributed by atoms with Gasteiger partial charge in [-0.3, -0.25) is 14.5 Å². The second kappa shape index (κ2) is 7.26. The van der Waals surface area contributed by atoms with E-state index in [9.17, 15) is 22.8 Å². The molecule has 1 rings (SSSR count). The minimum Gasteiger partial charge on any atom is -0.348 e. The first kappa shape index (κ1) is 18.0. The van der Waals surface area contributed by atoms with Crippen molar-refractivity contribution in [3.05, 3.63) is 29.6 Å². The van der Waals surface area contributed by atoms with Crippen LogP contribution in [0.3, 0.4) is 0 Å². The fourth-order valence-corrected chi connectivity index (χ4v) is 1.55. The Labute approximate surface area is 126 Å². The summed E-state index contributed by atoms with van der Waals surface area (Å²) in [6.45, 7) is 1.50. The zero-order valence-corrected chi connectivity index (χ0v) is 12.8. The second-order valence-corrected chi connectivity index (χ2v) is 5.09. The van der Waals surface area contributed by atoms with Crippen molar-refractivity contribution in [1.82, 2.24) is 9.80 Å². The SMILES string of the molecule is C[C@@H](C(=O)Nc1ccc(F)c(F)c1F)N(C)CC(=O)N(C)C. The number of likely N-dealkylation sites (N-methyl/N-ethyl adjacent to an activating group) is 2. The van der Waals surface area contributed by atoms with Gasteiger partial charge in [-0.05, 0) is 26.1 Å². The largest absolute Gasteiger partial charge is 0.348 e. The molecule has 1 atom stereocenters. The Hall–Kier alpha value is -2.09. The lowest BCUT2D eigenvalue weighted by Gasteiger charge is -2.24. The molecule has 1 N–H and O–H groups in total. The molecule has 0 fully saturated rings. The van der Waals surface area contributed by atoms with Gasteiger partial charge in [-0.15, -0.1) is 0 Å². The Morgan fingerprint density at radius 1 is 1.14 bits per heavy atom. The molecule has 0 aromatic heterocycles. The van der Waals surface area contributed by atoms with Crippen molar-refractivity contribution < 1.29 is 22.8 Å². The molecule has 2 amide bonds. The smallest absolute Gasteiger partial charge is 0.241 e. The van der Waals surface area contributed by atoms with Crippen LogP contribution >= 0.6 is 0 Å². The number of nitrogens with zero attached hydrogens (tertiary/aromatic N) is 2. The molecular formula is C14H18F3N3O2. The highest BCUT2D eigenvalue weighted by Crippen LogP contribution is 2.20. The standard InChI is InChI=1S/C14H18F3N3O2/c1-8(20(4)7-11(21)19(2)3)14(22)18-10-6-5-9(15)12(16)13(10)17/h5-6,8H,7H2,1-4H3,(H,18,22)/t8-/m0/s1. The summed E-state index contributed by atoms with van der Waals surface area (Å²) in [4.78, 5) is 26.4. The lowest BCUT2D eigenvalue weighted by molar-refractivity contribution is -0.131. The fraction of sp³-hybridized carbons (Fsp3) is 0.429. The van der Waals surface area contributed by atoms with Crippen LogP contribution in [0.5, 0.6) is 0 Å². The van der Waals surface area contributed by atoms with Gasteiger partial charge in [0.05, 0.1) is 18.3 Å². The number of hydrogen-bond acceptors (Lipinski definition) is 3. The minimum absolute atomic E-state index is 0.0121. The number of benzene rings is 1. The number of halogens is 3. The average molecular weight is 317 g/mol. The topological polar surface area (TPSA) is 52.7 Å². The molecule has 0 bridgehead atoms. The quantitative estimate of drug-likeness (QED) is 0.837. The normalized spacial score (nSPS) is 12.2. The van der Waals surface area contributed by atoms with Gasteiger partial charge in [0.2, 0.25) is 11.8 Å². The molecule has 1 aromatic carbocycles. The zero-order chi connectivity index (χ0) is 17.0. The summed E-state index contributed by atoms with van der Waals surface area (Å²) in [6, 6.07) is 0.887. The summed E-state index contributed by atoms with van der Waals surface area (Å²) >= 11 is 0. The van der Waals surface area contributed by atoms with Crippen molar-refractivity contribution in [3.8, 4) is 0 Å². The Morgan fingerprint density at radius 2 is 1.73 bits per heavy atom. The van der Waals surface area contributed by atoms with E-state index in [0.717, 1.165) is 12.1 Å². The molecule has 0 saturated carbocycles. The molecule has 0 unspecified atom stereocenters. The summed E-state index contributed by atoms with van der Waals surface area (Å²) in [5, 5.41) is 2.17. The first-order valence-corrected chi connectivity index (χ1v) is 6.50. The molecule has 1 aromatic rings. The fourth-order valence-electron chi connectivity index (χ4n) is 1.55. The average Bonchev–Trinajstić information content (AvgIpc) is 2.46. The maximum atomic E-state index is 13.5. The third-order valence-electron chi connectivity index (χ3n) is 3.22. The Balaban J connectivity index is 2.76. The van der Waals surface area contributed by atoms with Gasteiger partial charge in [-0.25, -0.2) is 13.2 Å². The number of carbonyl (C=O) groups is 2. The second-order valence-electron chi connectivity index (χ2n) is 5.09. The molecule has 0 heterocycles. The van der Waals surface area contributed by atoms with Crippen molar-refractivity contribution in [2.24, 2.45) is 0 Å². The monoisotopic (exact) mass is 317 g/mol. The summed E-state index contributed by atoms with van der Waals surface area (Å²) < 4.78 is 39.4. The zero-order valence-electron chi connectivity index (χ0n) is 12.8. The van der Waals surface area contributed by atoms with Gasteiger partial charge < -0.3 is 10.2 Å². The first-order valence-electron chi connectivity index (χ1n) is 6.50. The van der Waals surface area contributed by atoms with Gasteiger partial charge in [0.1, 0.15) is 0 Å². The van der Waals surface area contributed by atoms with Crippen molar-refractivity contribution in [2.75, 3.05) is 33.0 Å². The van der Waals surface area contributed by atoms with Crippen molar-refractivity contribution in [2.45, 2.75) is 13.0 Å². The van der Waals surface area contributed by atoms with E-state index >= 15 is 0 Å². The molecule has 0 aliphatic heterocycles. The molecule has 122 valence electrons. The van der Waals surface area contributed by atoms with E-state index in [1.54, 1.807) is 21.1 Å². The van der Waals surface area contributed by atoms with Crippen LogP contribution in [0, 0.1) is 17.5 Å². The van der Waals surface area contributed by atoms with Crippen molar-refractivity contribution >= 4 is 17.5 Å². The third kappa shape index (κ3) is 4.20. The predicted octanol–water partition coefficient (Wildman–Crippen LogP) is 1.45. The number of rotatable bonds is 5. The Morgan fingerprint density at radius 3 is 2.27 bits per heavy atom. The van der Waals surface area contributed by atoms with Crippen molar-refractivity contribution in [1.29, 1.82) is 0 Å². The number of nitrogens with one attached hydrogen (secondary N) is 1. The predicted molar refractivity (Wildman–Crippen MR) is 75.7 cm³/mol. The van der Waals surface area contributed by atoms with E-state index in [1.165, 1.54) is 16.7 Å². The van der Waals surface area contributed by atoms with Crippen molar-refractivity contribution in [3.63, 3.8) is 0 Å². The van der Waals surface area contributed by atoms with E-state index in [4.69, 9.17) is 0 Å². The van der Waals surface area contributed by atoms with Crippen LogP contribution in [0.25, 0.3) is 0 Å². The van der Waals surface area contributed by atoms with E-state index in [1.807, 2.05) is 0 Å². The van der Waals surface area contributed by atoms with E-state index in [2.05, 4.69) is 5.32 Å². The molecule has 0 aliphatic carbocycles. The summed E-state index contributed by atoms with van der Waals surface area (Å²) in [5.74, 6) is -5.30. The van der Waals surface area contributed by atoms with Crippen LogP contribution in [-0.2, 0) is 9.59 Å². The highest BCUT2D eigenvalue weighted by Gasteiger charge is 2.23. The summed E-state index contributed by atoms with van der Waals surface area (Å²) in [6.07, 6.45) is 0. The first-order chi connectivity index (χ1) is 10.1. The maximum absolute atomic E-state index is 13.5.